The Morgan fingerprint density at radius 3 is 1.81 bits per heavy atom. The SMILES string of the molecule is Bc1c(C)c(C)c(NC)c(B)c1C(C)(C)C. The maximum atomic E-state index is 3.34. The highest BCUT2D eigenvalue weighted by Gasteiger charge is 2.22. The summed E-state index contributed by atoms with van der Waals surface area (Å²) in [6, 6.07) is 0. The summed E-state index contributed by atoms with van der Waals surface area (Å²) in [6.45, 7) is 11.3. The molecule has 0 amide bonds. The van der Waals surface area contributed by atoms with Crippen LogP contribution in [0.1, 0.15) is 37.5 Å². The molecule has 0 fully saturated rings. The summed E-state index contributed by atoms with van der Waals surface area (Å²) in [5.74, 6) is 0. The Kier molecular flexibility index (Phi) is 3.47. The molecule has 0 aliphatic heterocycles. The zero-order valence-electron chi connectivity index (χ0n) is 12.0. The van der Waals surface area contributed by atoms with E-state index in [0.717, 1.165) is 0 Å². The summed E-state index contributed by atoms with van der Waals surface area (Å²) >= 11 is 0. The van der Waals surface area contributed by atoms with Crippen molar-refractivity contribution in [3.05, 3.63) is 16.7 Å². The van der Waals surface area contributed by atoms with E-state index in [4.69, 9.17) is 0 Å². The molecule has 16 heavy (non-hydrogen) atoms. The molecule has 0 aliphatic rings. The Morgan fingerprint density at radius 1 is 0.938 bits per heavy atom. The quantitative estimate of drug-likeness (QED) is 0.658. The van der Waals surface area contributed by atoms with E-state index in [1.165, 1.54) is 33.3 Å². The molecule has 0 aromatic heterocycles. The minimum Gasteiger partial charge on any atom is -0.388 e. The monoisotopic (exact) mass is 215 g/mol. The van der Waals surface area contributed by atoms with Crippen LogP contribution < -0.4 is 16.2 Å². The second-order valence-electron chi connectivity index (χ2n) is 5.75. The van der Waals surface area contributed by atoms with Crippen molar-refractivity contribution in [3.63, 3.8) is 0 Å². The molecule has 0 radical (unpaired) electrons. The van der Waals surface area contributed by atoms with Crippen molar-refractivity contribution in [3.8, 4) is 0 Å². The van der Waals surface area contributed by atoms with Gasteiger partial charge in [-0.25, -0.2) is 0 Å². The zero-order valence-corrected chi connectivity index (χ0v) is 12.0. The van der Waals surface area contributed by atoms with Crippen molar-refractivity contribution in [1.82, 2.24) is 0 Å². The minimum absolute atomic E-state index is 0.207. The first-order chi connectivity index (χ1) is 7.21. The van der Waals surface area contributed by atoms with Crippen LogP contribution in [0.2, 0.25) is 0 Å². The van der Waals surface area contributed by atoms with Gasteiger partial charge in [0.1, 0.15) is 15.7 Å². The standard InChI is InChI=1S/C13H23B2N/c1-7-8(2)12(16-6)11(15)9(10(7)14)13(3,4)5/h16H,14-15H2,1-6H3. The van der Waals surface area contributed by atoms with Gasteiger partial charge in [0, 0.05) is 12.7 Å². The van der Waals surface area contributed by atoms with E-state index in [-0.39, 0.29) is 5.41 Å². The fraction of sp³-hybridized carbons (Fsp3) is 0.538. The lowest BCUT2D eigenvalue weighted by molar-refractivity contribution is 0.597. The highest BCUT2D eigenvalue weighted by atomic mass is 14.8. The Bertz CT molecular complexity index is 417. The first-order valence-electron chi connectivity index (χ1n) is 6.00. The van der Waals surface area contributed by atoms with Crippen LogP contribution in [0, 0.1) is 13.8 Å². The first kappa shape index (κ1) is 13.2. The van der Waals surface area contributed by atoms with Gasteiger partial charge in [0.25, 0.3) is 0 Å². The van der Waals surface area contributed by atoms with Crippen LogP contribution in [0.5, 0.6) is 0 Å². The smallest absolute Gasteiger partial charge is 0.142 e. The van der Waals surface area contributed by atoms with Crippen LogP contribution in [0.15, 0.2) is 0 Å². The van der Waals surface area contributed by atoms with E-state index >= 15 is 0 Å². The van der Waals surface area contributed by atoms with Crippen molar-refractivity contribution in [2.75, 3.05) is 12.4 Å². The molecule has 0 aliphatic carbocycles. The lowest BCUT2D eigenvalue weighted by atomic mass is 9.67. The van der Waals surface area contributed by atoms with Gasteiger partial charge in [-0.15, -0.1) is 0 Å². The third-order valence-corrected chi connectivity index (χ3v) is 3.62. The van der Waals surface area contributed by atoms with Crippen LogP contribution in [0.25, 0.3) is 0 Å². The van der Waals surface area contributed by atoms with Gasteiger partial charge in [-0.3, -0.25) is 0 Å². The molecule has 1 N–H and O–H groups in total. The van der Waals surface area contributed by atoms with E-state index in [1.807, 2.05) is 7.05 Å². The molecule has 0 bridgehead atoms. The number of hydrogen-bond donors (Lipinski definition) is 1. The van der Waals surface area contributed by atoms with Crippen molar-refractivity contribution >= 4 is 32.3 Å². The predicted molar refractivity (Wildman–Crippen MR) is 80.5 cm³/mol. The minimum atomic E-state index is 0.207. The molecule has 0 spiro atoms. The van der Waals surface area contributed by atoms with Crippen LogP contribution in [0.4, 0.5) is 5.69 Å². The van der Waals surface area contributed by atoms with Crippen LogP contribution >= 0.6 is 0 Å². The molecule has 0 saturated heterocycles. The van der Waals surface area contributed by atoms with Gasteiger partial charge in [0.15, 0.2) is 0 Å². The van der Waals surface area contributed by atoms with E-state index in [9.17, 15) is 0 Å². The third kappa shape index (κ3) is 2.00. The average molecular weight is 215 g/mol. The Hall–Kier alpha value is -0.850. The van der Waals surface area contributed by atoms with E-state index in [2.05, 4.69) is 55.6 Å². The number of nitrogens with one attached hydrogen (secondary N) is 1. The number of hydrogen-bond acceptors (Lipinski definition) is 1. The van der Waals surface area contributed by atoms with Crippen molar-refractivity contribution in [2.24, 2.45) is 0 Å². The molecular weight excluding hydrogens is 192 g/mol. The molecule has 1 aromatic rings. The summed E-state index contributed by atoms with van der Waals surface area (Å²) in [5, 5.41) is 3.34. The fourth-order valence-corrected chi connectivity index (χ4v) is 2.84. The molecular formula is C13H23B2N. The van der Waals surface area contributed by atoms with Gasteiger partial charge < -0.3 is 5.32 Å². The maximum Gasteiger partial charge on any atom is 0.142 e. The summed E-state index contributed by atoms with van der Waals surface area (Å²) in [4.78, 5) is 0. The molecule has 0 saturated carbocycles. The topological polar surface area (TPSA) is 12.0 Å². The Labute approximate surface area is 102 Å². The van der Waals surface area contributed by atoms with Crippen LogP contribution in [0.3, 0.4) is 0 Å². The molecule has 1 rings (SSSR count). The van der Waals surface area contributed by atoms with Crippen LogP contribution in [-0.4, -0.2) is 22.7 Å². The first-order valence-corrected chi connectivity index (χ1v) is 6.00. The number of benzene rings is 1. The predicted octanol–water partition coefficient (Wildman–Crippen LogP) is 0.159. The van der Waals surface area contributed by atoms with Crippen molar-refractivity contribution in [1.29, 1.82) is 0 Å². The van der Waals surface area contributed by atoms with E-state index in [0.29, 0.717) is 0 Å². The van der Waals surface area contributed by atoms with Crippen molar-refractivity contribution < 1.29 is 0 Å². The zero-order chi connectivity index (χ0) is 12.7. The average Bonchev–Trinajstić information content (AvgIpc) is 2.13. The lowest BCUT2D eigenvalue weighted by Gasteiger charge is -2.29. The molecule has 1 aromatic carbocycles. The molecule has 3 heteroatoms. The highest BCUT2D eigenvalue weighted by Crippen LogP contribution is 2.24. The second-order valence-corrected chi connectivity index (χ2v) is 5.75. The highest BCUT2D eigenvalue weighted by molar-refractivity contribution is 6.43. The number of rotatable bonds is 1. The largest absolute Gasteiger partial charge is 0.388 e. The van der Waals surface area contributed by atoms with Crippen molar-refractivity contribution in [2.45, 2.75) is 40.0 Å². The summed E-state index contributed by atoms with van der Waals surface area (Å²) < 4.78 is 0. The Morgan fingerprint density at radius 2 is 1.44 bits per heavy atom. The van der Waals surface area contributed by atoms with E-state index < -0.39 is 0 Å². The van der Waals surface area contributed by atoms with Gasteiger partial charge in [-0.05, 0) is 24.8 Å². The molecule has 1 nitrogen and oxygen atoms in total. The second kappa shape index (κ2) is 4.20. The summed E-state index contributed by atoms with van der Waals surface area (Å²) in [7, 11) is 6.48. The van der Waals surface area contributed by atoms with Gasteiger partial charge >= 0.3 is 0 Å². The van der Waals surface area contributed by atoms with Gasteiger partial charge in [-0.1, -0.05) is 42.8 Å². The van der Waals surface area contributed by atoms with Gasteiger partial charge in [0.2, 0.25) is 0 Å². The molecule has 0 heterocycles. The third-order valence-electron chi connectivity index (χ3n) is 3.62. The summed E-state index contributed by atoms with van der Waals surface area (Å²) in [5.41, 5.74) is 8.63. The normalized spacial score (nSPS) is 11.6. The summed E-state index contributed by atoms with van der Waals surface area (Å²) in [6.07, 6.45) is 0. The molecule has 0 atom stereocenters. The van der Waals surface area contributed by atoms with Crippen LogP contribution in [-0.2, 0) is 5.41 Å². The molecule has 0 unspecified atom stereocenters. The van der Waals surface area contributed by atoms with Gasteiger partial charge in [-0.2, -0.15) is 0 Å². The number of anilines is 1. The lowest BCUT2D eigenvalue weighted by Crippen LogP contribution is -2.36. The molecule has 86 valence electrons. The van der Waals surface area contributed by atoms with E-state index in [1.54, 1.807) is 0 Å². The maximum absolute atomic E-state index is 3.34. The Balaban J connectivity index is 3.69. The fourth-order valence-electron chi connectivity index (χ4n) is 2.84. The van der Waals surface area contributed by atoms with Gasteiger partial charge in [0.05, 0.1) is 0 Å².